The molecule has 0 saturated heterocycles. The molecule has 18 heavy (non-hydrogen) atoms. The van der Waals surface area contributed by atoms with E-state index in [1.54, 1.807) is 18.5 Å². The van der Waals surface area contributed by atoms with Crippen molar-refractivity contribution in [2.24, 2.45) is 0 Å². The van der Waals surface area contributed by atoms with Crippen molar-refractivity contribution in [3.05, 3.63) is 42.5 Å². The van der Waals surface area contributed by atoms with Crippen molar-refractivity contribution in [1.29, 1.82) is 0 Å². The van der Waals surface area contributed by atoms with Crippen LogP contribution in [0.15, 0.2) is 36.8 Å². The Morgan fingerprint density at radius 2 is 2.17 bits per heavy atom. The van der Waals surface area contributed by atoms with E-state index in [1.807, 2.05) is 6.07 Å². The monoisotopic (exact) mass is 241 g/mol. The highest BCUT2D eigenvalue weighted by molar-refractivity contribution is 5.85. The number of aromatic nitrogens is 5. The maximum absolute atomic E-state index is 10.8. The molecule has 0 aliphatic heterocycles. The van der Waals surface area contributed by atoms with Gasteiger partial charge in [-0.25, -0.2) is 14.3 Å². The number of fused-ring (bicyclic) bond motifs is 1. The number of nitrogens with zero attached hydrogens (tertiary/aromatic N) is 5. The lowest BCUT2D eigenvalue weighted by Gasteiger charge is -1.92. The fourth-order valence-corrected chi connectivity index (χ4v) is 1.51. The summed E-state index contributed by atoms with van der Waals surface area (Å²) in [5.74, 6) is -0.393. The van der Waals surface area contributed by atoms with E-state index in [2.05, 4.69) is 20.1 Å². The molecule has 88 valence electrons. The van der Waals surface area contributed by atoms with Crippen LogP contribution >= 0.6 is 0 Å². The molecule has 0 saturated carbocycles. The van der Waals surface area contributed by atoms with Gasteiger partial charge in [0.1, 0.15) is 0 Å². The molecule has 0 spiro atoms. The van der Waals surface area contributed by atoms with E-state index in [0.29, 0.717) is 5.82 Å². The number of carboxylic acids is 1. The number of pyridine rings is 1. The minimum atomic E-state index is -1.09. The van der Waals surface area contributed by atoms with Gasteiger partial charge in [-0.15, -0.1) is 5.10 Å². The lowest BCUT2D eigenvalue weighted by Crippen LogP contribution is -2.02. The van der Waals surface area contributed by atoms with E-state index >= 15 is 0 Å². The van der Waals surface area contributed by atoms with Gasteiger partial charge in [0.15, 0.2) is 11.5 Å². The Morgan fingerprint density at radius 3 is 2.89 bits per heavy atom. The van der Waals surface area contributed by atoms with Crippen molar-refractivity contribution in [2.45, 2.75) is 0 Å². The minimum Gasteiger partial charge on any atom is -0.477 e. The van der Waals surface area contributed by atoms with Crippen LogP contribution in [0.2, 0.25) is 0 Å². The Bertz CT molecular complexity index is 723. The van der Waals surface area contributed by atoms with E-state index in [-0.39, 0.29) is 11.5 Å². The summed E-state index contributed by atoms with van der Waals surface area (Å²) in [5, 5.41) is 13.0. The molecule has 0 aliphatic rings. The Hall–Kier alpha value is -2.83. The van der Waals surface area contributed by atoms with Gasteiger partial charge in [-0.1, -0.05) is 0 Å². The van der Waals surface area contributed by atoms with Crippen LogP contribution in [0.1, 0.15) is 10.5 Å². The molecule has 3 aromatic heterocycles. The van der Waals surface area contributed by atoms with Gasteiger partial charge >= 0.3 is 5.97 Å². The molecule has 0 aromatic carbocycles. The van der Waals surface area contributed by atoms with Gasteiger partial charge in [-0.3, -0.25) is 4.98 Å². The molecule has 3 rings (SSSR count). The van der Waals surface area contributed by atoms with Crippen LogP contribution in [0, 0.1) is 0 Å². The molecule has 3 heterocycles. The van der Waals surface area contributed by atoms with Crippen LogP contribution < -0.4 is 0 Å². The van der Waals surface area contributed by atoms with Crippen LogP contribution in [0.5, 0.6) is 0 Å². The summed E-state index contributed by atoms with van der Waals surface area (Å²) in [7, 11) is 0. The number of carboxylic acid groups (broad SMARTS) is 1. The van der Waals surface area contributed by atoms with Crippen LogP contribution in [-0.4, -0.2) is 35.6 Å². The number of hydrogen-bond acceptors (Lipinski definition) is 5. The average molecular weight is 241 g/mol. The van der Waals surface area contributed by atoms with E-state index in [1.165, 1.54) is 16.8 Å². The summed E-state index contributed by atoms with van der Waals surface area (Å²) in [4.78, 5) is 22.8. The second-order valence-corrected chi connectivity index (χ2v) is 3.54. The summed E-state index contributed by atoms with van der Waals surface area (Å²) in [6, 6.07) is 4.97. The first-order chi connectivity index (χ1) is 8.74. The lowest BCUT2D eigenvalue weighted by atomic mass is 10.3. The van der Waals surface area contributed by atoms with Crippen LogP contribution in [0.25, 0.3) is 17.2 Å². The third kappa shape index (κ3) is 1.67. The standard InChI is InChI=1S/C11H7N5O2/c17-10(18)8-3-5-16-11(13-8)14-9(15-16)7-2-1-4-12-6-7/h1-6H,(H,17,18). The van der Waals surface area contributed by atoms with Gasteiger partial charge in [-0.05, 0) is 18.2 Å². The van der Waals surface area contributed by atoms with Crippen LogP contribution in [-0.2, 0) is 0 Å². The van der Waals surface area contributed by atoms with Gasteiger partial charge in [0.25, 0.3) is 5.78 Å². The molecule has 0 aliphatic carbocycles. The topological polar surface area (TPSA) is 93.3 Å². The third-order valence-corrected chi connectivity index (χ3v) is 2.35. The first kappa shape index (κ1) is 10.3. The van der Waals surface area contributed by atoms with Gasteiger partial charge in [0.2, 0.25) is 0 Å². The van der Waals surface area contributed by atoms with Crippen molar-refractivity contribution in [2.75, 3.05) is 0 Å². The molecule has 0 bridgehead atoms. The van der Waals surface area contributed by atoms with E-state index in [4.69, 9.17) is 5.11 Å². The van der Waals surface area contributed by atoms with Gasteiger partial charge < -0.3 is 5.11 Å². The quantitative estimate of drug-likeness (QED) is 0.716. The van der Waals surface area contributed by atoms with E-state index in [0.717, 1.165) is 5.56 Å². The van der Waals surface area contributed by atoms with Gasteiger partial charge in [0.05, 0.1) is 0 Å². The molecule has 0 amide bonds. The first-order valence-electron chi connectivity index (χ1n) is 5.11. The zero-order valence-electron chi connectivity index (χ0n) is 9.06. The molecular weight excluding hydrogens is 234 g/mol. The zero-order valence-corrected chi connectivity index (χ0v) is 9.06. The summed E-state index contributed by atoms with van der Waals surface area (Å²) in [5.41, 5.74) is 0.688. The molecular formula is C11H7N5O2. The van der Waals surface area contributed by atoms with Gasteiger partial charge in [-0.2, -0.15) is 4.98 Å². The number of rotatable bonds is 2. The molecule has 0 unspecified atom stereocenters. The number of aromatic carboxylic acids is 1. The Morgan fingerprint density at radius 1 is 1.28 bits per heavy atom. The Balaban J connectivity index is 2.14. The van der Waals surface area contributed by atoms with Crippen LogP contribution in [0.4, 0.5) is 0 Å². The Kier molecular flexibility index (Phi) is 2.23. The Labute approximate surface area is 101 Å². The molecule has 7 heteroatoms. The fraction of sp³-hybridized carbons (Fsp3) is 0. The highest BCUT2D eigenvalue weighted by Crippen LogP contribution is 2.13. The third-order valence-electron chi connectivity index (χ3n) is 2.35. The van der Waals surface area contributed by atoms with Crippen molar-refractivity contribution in [1.82, 2.24) is 24.6 Å². The molecule has 0 fully saturated rings. The minimum absolute atomic E-state index is 0.0624. The lowest BCUT2D eigenvalue weighted by molar-refractivity contribution is 0.0690. The maximum atomic E-state index is 10.8. The molecule has 7 nitrogen and oxygen atoms in total. The second-order valence-electron chi connectivity index (χ2n) is 3.54. The average Bonchev–Trinajstić information content (AvgIpc) is 2.82. The largest absolute Gasteiger partial charge is 0.477 e. The predicted molar refractivity (Wildman–Crippen MR) is 61.0 cm³/mol. The SMILES string of the molecule is O=C(O)c1ccn2nc(-c3cccnc3)nc2n1. The van der Waals surface area contributed by atoms with E-state index in [9.17, 15) is 4.79 Å². The number of hydrogen-bond donors (Lipinski definition) is 1. The maximum Gasteiger partial charge on any atom is 0.354 e. The summed E-state index contributed by atoms with van der Waals surface area (Å²) in [6.07, 6.45) is 4.80. The number of carbonyl (C=O) groups is 1. The zero-order chi connectivity index (χ0) is 12.5. The van der Waals surface area contributed by atoms with Crippen molar-refractivity contribution >= 4 is 11.7 Å². The van der Waals surface area contributed by atoms with E-state index < -0.39 is 5.97 Å². The highest BCUT2D eigenvalue weighted by atomic mass is 16.4. The van der Waals surface area contributed by atoms with Crippen molar-refractivity contribution in [3.8, 4) is 11.4 Å². The summed E-state index contributed by atoms with van der Waals surface area (Å²) < 4.78 is 1.43. The highest BCUT2D eigenvalue weighted by Gasteiger charge is 2.10. The molecule has 3 aromatic rings. The predicted octanol–water partition coefficient (Wildman–Crippen LogP) is 0.884. The van der Waals surface area contributed by atoms with Crippen LogP contribution in [0.3, 0.4) is 0 Å². The molecule has 0 radical (unpaired) electrons. The second kappa shape index (κ2) is 3.88. The van der Waals surface area contributed by atoms with Crippen molar-refractivity contribution < 1.29 is 9.90 Å². The first-order valence-corrected chi connectivity index (χ1v) is 5.11. The fourth-order valence-electron chi connectivity index (χ4n) is 1.51. The molecule has 0 atom stereocenters. The van der Waals surface area contributed by atoms with Crippen molar-refractivity contribution in [3.63, 3.8) is 0 Å². The van der Waals surface area contributed by atoms with Gasteiger partial charge in [0, 0.05) is 24.2 Å². The molecule has 1 N–H and O–H groups in total. The summed E-state index contributed by atoms with van der Waals surface area (Å²) >= 11 is 0. The summed E-state index contributed by atoms with van der Waals surface area (Å²) in [6.45, 7) is 0. The normalized spacial score (nSPS) is 10.7. The smallest absolute Gasteiger partial charge is 0.354 e.